The maximum absolute atomic E-state index is 12.4. The molecule has 138 valence electrons. The summed E-state index contributed by atoms with van der Waals surface area (Å²) >= 11 is 0. The number of carbonyl (C=O) groups is 2. The van der Waals surface area contributed by atoms with Crippen molar-refractivity contribution in [3.8, 4) is 0 Å². The molecule has 0 spiro atoms. The van der Waals surface area contributed by atoms with Crippen LogP contribution in [0.15, 0.2) is 18.3 Å². The van der Waals surface area contributed by atoms with Crippen LogP contribution in [0.1, 0.15) is 30.1 Å². The molecule has 8 nitrogen and oxygen atoms in total. The Kier molecular flexibility index (Phi) is 7.46. The van der Waals surface area contributed by atoms with Crippen molar-refractivity contribution in [1.82, 2.24) is 15.2 Å². The lowest BCUT2D eigenvalue weighted by Gasteiger charge is -2.31. The third-order valence-electron chi connectivity index (χ3n) is 3.99. The predicted molar refractivity (Wildman–Crippen MR) is 93.7 cm³/mol. The van der Waals surface area contributed by atoms with Crippen molar-refractivity contribution in [3.05, 3.63) is 23.9 Å². The Hall–Kier alpha value is -2.35. The molecule has 25 heavy (non-hydrogen) atoms. The molecule has 0 aromatic carbocycles. The number of carbonyl (C=O) groups excluding carboxylic acids is 2. The Morgan fingerprint density at radius 3 is 2.80 bits per heavy atom. The van der Waals surface area contributed by atoms with Crippen LogP contribution in [0, 0.1) is 0 Å². The highest BCUT2D eigenvalue weighted by atomic mass is 16.6. The first-order chi connectivity index (χ1) is 12.1. The molecule has 0 atom stereocenters. The molecule has 1 aromatic heterocycles. The van der Waals surface area contributed by atoms with Gasteiger partial charge < -0.3 is 25.0 Å². The number of hydrogen-bond donors (Lipinski definition) is 2. The molecule has 2 heterocycles. The summed E-state index contributed by atoms with van der Waals surface area (Å²) < 4.78 is 9.97. The molecule has 1 aromatic rings. The molecule has 2 rings (SSSR count). The quantitative estimate of drug-likeness (QED) is 0.724. The first kappa shape index (κ1) is 19.0. The molecule has 0 bridgehead atoms. The van der Waals surface area contributed by atoms with E-state index in [1.165, 1.54) is 0 Å². The average molecular weight is 350 g/mol. The molecule has 0 saturated carbocycles. The summed E-state index contributed by atoms with van der Waals surface area (Å²) in [6, 6.07) is 3.46. The number of piperidine rings is 1. The molecule has 2 amide bonds. The second-order valence-corrected chi connectivity index (χ2v) is 5.78. The van der Waals surface area contributed by atoms with Gasteiger partial charge in [-0.2, -0.15) is 0 Å². The fraction of sp³-hybridized carbons (Fsp3) is 0.588. The molecular weight excluding hydrogens is 324 g/mol. The highest BCUT2D eigenvalue weighted by molar-refractivity contribution is 5.95. The van der Waals surface area contributed by atoms with Gasteiger partial charge in [0, 0.05) is 44.5 Å². The summed E-state index contributed by atoms with van der Waals surface area (Å²) in [5.41, 5.74) is 0.558. The van der Waals surface area contributed by atoms with Crippen LogP contribution >= 0.6 is 0 Å². The fourth-order valence-electron chi connectivity index (χ4n) is 2.64. The van der Waals surface area contributed by atoms with Crippen LogP contribution in [0.4, 0.5) is 10.6 Å². The Labute approximate surface area is 147 Å². The van der Waals surface area contributed by atoms with E-state index in [0.717, 1.165) is 0 Å². The summed E-state index contributed by atoms with van der Waals surface area (Å²) in [6.45, 7) is 4.53. The zero-order valence-corrected chi connectivity index (χ0v) is 14.8. The molecule has 0 aliphatic carbocycles. The van der Waals surface area contributed by atoms with Crippen molar-refractivity contribution in [1.29, 1.82) is 0 Å². The standard InChI is InChI=1S/C17H26N4O4/c1-3-25-17(23)21-9-5-14(6-10-21)20-16(22)13-4-7-18-15(12-13)19-8-11-24-2/h4,7,12,14H,3,5-6,8-11H2,1-2H3,(H,18,19)(H,20,22). The predicted octanol–water partition coefficient (Wildman–Crippen LogP) is 1.49. The van der Waals surface area contributed by atoms with Crippen molar-refractivity contribution >= 4 is 17.8 Å². The third-order valence-corrected chi connectivity index (χ3v) is 3.99. The van der Waals surface area contributed by atoms with Crippen molar-refractivity contribution in [2.45, 2.75) is 25.8 Å². The number of likely N-dealkylation sites (tertiary alicyclic amines) is 1. The van der Waals surface area contributed by atoms with Crippen molar-refractivity contribution < 1.29 is 19.1 Å². The van der Waals surface area contributed by atoms with Crippen molar-refractivity contribution in [2.75, 3.05) is 45.3 Å². The van der Waals surface area contributed by atoms with E-state index in [1.807, 2.05) is 0 Å². The molecule has 1 saturated heterocycles. The summed E-state index contributed by atoms with van der Waals surface area (Å²) in [6.07, 6.45) is 2.75. The summed E-state index contributed by atoms with van der Waals surface area (Å²) in [4.78, 5) is 30.0. The van der Waals surface area contributed by atoms with Crippen LogP contribution in [0.2, 0.25) is 0 Å². The second kappa shape index (κ2) is 9.83. The van der Waals surface area contributed by atoms with Gasteiger partial charge in [-0.1, -0.05) is 0 Å². The maximum Gasteiger partial charge on any atom is 0.409 e. The van der Waals surface area contributed by atoms with Gasteiger partial charge in [0.05, 0.1) is 13.2 Å². The van der Waals surface area contributed by atoms with E-state index in [-0.39, 0.29) is 18.0 Å². The fourth-order valence-corrected chi connectivity index (χ4v) is 2.64. The minimum absolute atomic E-state index is 0.0521. The third kappa shape index (κ3) is 5.90. The number of amides is 2. The van der Waals surface area contributed by atoms with Crippen LogP contribution in [-0.4, -0.2) is 67.9 Å². The number of rotatable bonds is 7. The van der Waals surface area contributed by atoms with Gasteiger partial charge in [-0.05, 0) is 31.9 Å². The molecule has 1 aliphatic heterocycles. The Morgan fingerprint density at radius 1 is 1.36 bits per heavy atom. The lowest BCUT2D eigenvalue weighted by Crippen LogP contribution is -2.46. The normalized spacial score (nSPS) is 14.9. The van der Waals surface area contributed by atoms with E-state index in [0.29, 0.717) is 57.1 Å². The number of hydrogen-bond acceptors (Lipinski definition) is 6. The van der Waals surface area contributed by atoms with E-state index >= 15 is 0 Å². The zero-order valence-electron chi connectivity index (χ0n) is 14.8. The Morgan fingerprint density at radius 2 is 2.12 bits per heavy atom. The maximum atomic E-state index is 12.4. The van der Waals surface area contributed by atoms with E-state index < -0.39 is 0 Å². The monoisotopic (exact) mass is 350 g/mol. The first-order valence-electron chi connectivity index (χ1n) is 8.55. The molecule has 1 fully saturated rings. The number of anilines is 1. The minimum atomic E-state index is -0.284. The molecular formula is C17H26N4O4. The molecule has 8 heteroatoms. The van der Waals surface area contributed by atoms with Gasteiger partial charge in [0.2, 0.25) is 0 Å². The van der Waals surface area contributed by atoms with Gasteiger partial charge in [0.15, 0.2) is 0 Å². The largest absolute Gasteiger partial charge is 0.450 e. The van der Waals surface area contributed by atoms with E-state index in [9.17, 15) is 9.59 Å². The topological polar surface area (TPSA) is 92.8 Å². The summed E-state index contributed by atoms with van der Waals surface area (Å²) in [5, 5.41) is 6.12. The number of pyridine rings is 1. The summed E-state index contributed by atoms with van der Waals surface area (Å²) in [5.74, 6) is 0.508. The van der Waals surface area contributed by atoms with Crippen LogP contribution in [-0.2, 0) is 9.47 Å². The molecule has 0 radical (unpaired) electrons. The molecule has 2 N–H and O–H groups in total. The Balaban J connectivity index is 1.82. The minimum Gasteiger partial charge on any atom is -0.450 e. The highest BCUT2D eigenvalue weighted by Crippen LogP contribution is 2.13. The highest BCUT2D eigenvalue weighted by Gasteiger charge is 2.24. The van der Waals surface area contributed by atoms with E-state index in [2.05, 4.69) is 15.6 Å². The number of nitrogens with one attached hydrogen (secondary N) is 2. The summed E-state index contributed by atoms with van der Waals surface area (Å²) in [7, 11) is 1.63. The van der Waals surface area contributed by atoms with E-state index in [1.54, 1.807) is 37.3 Å². The lowest BCUT2D eigenvalue weighted by atomic mass is 10.0. The average Bonchev–Trinajstić information content (AvgIpc) is 2.63. The van der Waals surface area contributed by atoms with Crippen molar-refractivity contribution in [3.63, 3.8) is 0 Å². The zero-order chi connectivity index (χ0) is 18.1. The first-order valence-corrected chi connectivity index (χ1v) is 8.55. The van der Waals surface area contributed by atoms with Crippen molar-refractivity contribution in [2.24, 2.45) is 0 Å². The van der Waals surface area contributed by atoms with Gasteiger partial charge in [0.25, 0.3) is 5.91 Å². The number of nitrogens with zero attached hydrogens (tertiary/aromatic N) is 2. The van der Waals surface area contributed by atoms with E-state index in [4.69, 9.17) is 9.47 Å². The Bertz CT molecular complexity index is 574. The van der Waals surface area contributed by atoms with Crippen LogP contribution in [0.5, 0.6) is 0 Å². The van der Waals surface area contributed by atoms with Gasteiger partial charge in [-0.25, -0.2) is 9.78 Å². The van der Waals surface area contributed by atoms with Gasteiger partial charge in [-0.15, -0.1) is 0 Å². The lowest BCUT2D eigenvalue weighted by molar-refractivity contribution is 0.0860. The smallest absolute Gasteiger partial charge is 0.409 e. The van der Waals surface area contributed by atoms with Crippen LogP contribution in [0.3, 0.4) is 0 Å². The van der Waals surface area contributed by atoms with Crippen LogP contribution in [0.25, 0.3) is 0 Å². The number of aromatic nitrogens is 1. The molecule has 1 aliphatic rings. The SMILES string of the molecule is CCOC(=O)N1CCC(NC(=O)c2ccnc(NCCOC)c2)CC1. The second-order valence-electron chi connectivity index (χ2n) is 5.78. The van der Waals surface area contributed by atoms with Gasteiger partial charge in [0.1, 0.15) is 5.82 Å². The number of methoxy groups -OCH3 is 1. The van der Waals surface area contributed by atoms with Gasteiger partial charge in [-0.3, -0.25) is 4.79 Å². The van der Waals surface area contributed by atoms with Crippen LogP contribution < -0.4 is 10.6 Å². The molecule has 0 unspecified atom stereocenters. The van der Waals surface area contributed by atoms with Gasteiger partial charge >= 0.3 is 6.09 Å². The number of ether oxygens (including phenoxy) is 2.